The lowest BCUT2D eigenvalue weighted by Crippen LogP contribution is -2.36. The van der Waals surface area contributed by atoms with E-state index in [0.717, 1.165) is 28.9 Å². The molecular formula is C20H18N4O2. The minimum absolute atomic E-state index is 0.156. The summed E-state index contributed by atoms with van der Waals surface area (Å²) in [6.07, 6.45) is 12.8. The van der Waals surface area contributed by atoms with Crippen LogP contribution in [0.4, 0.5) is 0 Å². The summed E-state index contributed by atoms with van der Waals surface area (Å²) in [4.78, 5) is 7.65. The van der Waals surface area contributed by atoms with E-state index in [-0.39, 0.29) is 11.7 Å². The number of ether oxygens (including phenoxy) is 1. The van der Waals surface area contributed by atoms with Gasteiger partial charge >= 0.3 is 0 Å². The van der Waals surface area contributed by atoms with E-state index in [1.807, 2.05) is 24.5 Å². The van der Waals surface area contributed by atoms with Gasteiger partial charge in [-0.1, -0.05) is 18.2 Å². The van der Waals surface area contributed by atoms with Crippen molar-refractivity contribution in [2.75, 3.05) is 7.11 Å². The molecule has 1 unspecified atom stereocenters. The first kappa shape index (κ1) is 14.9. The zero-order valence-electron chi connectivity index (χ0n) is 14.2. The number of benzene rings is 1. The molecule has 6 nitrogen and oxygen atoms in total. The van der Waals surface area contributed by atoms with Gasteiger partial charge in [-0.05, 0) is 30.2 Å². The number of phenols is 1. The summed E-state index contributed by atoms with van der Waals surface area (Å²) >= 11 is 0. The number of aromatic amines is 1. The van der Waals surface area contributed by atoms with Crippen molar-refractivity contribution in [3.63, 3.8) is 0 Å². The Bertz CT molecular complexity index is 1010. The van der Waals surface area contributed by atoms with Crippen molar-refractivity contribution in [2.45, 2.75) is 12.3 Å². The number of hydrogen-bond donors (Lipinski definition) is 3. The lowest BCUT2D eigenvalue weighted by molar-refractivity contribution is 0.372. The van der Waals surface area contributed by atoms with Crippen LogP contribution in [0.2, 0.25) is 0 Å². The van der Waals surface area contributed by atoms with Crippen LogP contribution in [0.15, 0.2) is 53.4 Å². The highest BCUT2D eigenvalue weighted by Crippen LogP contribution is 2.44. The molecule has 2 aromatic rings. The van der Waals surface area contributed by atoms with E-state index in [2.05, 4.69) is 38.6 Å². The molecule has 3 aliphatic rings. The molecule has 1 aromatic heterocycles. The van der Waals surface area contributed by atoms with Crippen LogP contribution in [0, 0.1) is 0 Å². The fourth-order valence-electron chi connectivity index (χ4n) is 3.85. The van der Waals surface area contributed by atoms with Gasteiger partial charge in [0.1, 0.15) is 6.34 Å². The van der Waals surface area contributed by atoms with E-state index in [9.17, 15) is 5.11 Å². The Morgan fingerprint density at radius 2 is 2.23 bits per heavy atom. The Morgan fingerprint density at radius 3 is 3.12 bits per heavy atom. The molecule has 2 aliphatic heterocycles. The molecule has 1 atom stereocenters. The smallest absolute Gasteiger partial charge is 0.160 e. The molecule has 1 aliphatic carbocycles. The third-order valence-corrected chi connectivity index (χ3v) is 5.10. The highest BCUT2D eigenvalue weighted by Gasteiger charge is 2.32. The van der Waals surface area contributed by atoms with E-state index in [4.69, 9.17) is 4.74 Å². The quantitative estimate of drug-likeness (QED) is 0.780. The van der Waals surface area contributed by atoms with Crippen molar-refractivity contribution >= 4 is 18.1 Å². The zero-order valence-corrected chi connectivity index (χ0v) is 14.2. The number of fused-ring (bicyclic) bond motifs is 2. The number of H-pyrrole nitrogens is 1. The number of hydrazine groups is 1. The van der Waals surface area contributed by atoms with Crippen molar-refractivity contribution in [3.8, 4) is 11.5 Å². The van der Waals surface area contributed by atoms with Crippen LogP contribution in [0.25, 0.3) is 11.8 Å². The monoisotopic (exact) mass is 346 g/mol. The van der Waals surface area contributed by atoms with Gasteiger partial charge in [-0.3, -0.25) is 10.4 Å². The van der Waals surface area contributed by atoms with Crippen LogP contribution in [0.5, 0.6) is 11.5 Å². The van der Waals surface area contributed by atoms with Crippen molar-refractivity contribution < 1.29 is 9.84 Å². The second-order valence-corrected chi connectivity index (χ2v) is 6.47. The molecule has 26 heavy (non-hydrogen) atoms. The molecule has 130 valence electrons. The van der Waals surface area contributed by atoms with Gasteiger partial charge in [0.2, 0.25) is 0 Å². The molecule has 0 radical (unpaired) electrons. The van der Waals surface area contributed by atoms with Crippen LogP contribution in [0.3, 0.4) is 0 Å². The minimum atomic E-state index is 0.156. The van der Waals surface area contributed by atoms with Crippen molar-refractivity contribution in [1.82, 2.24) is 15.4 Å². The molecule has 0 saturated heterocycles. The van der Waals surface area contributed by atoms with Gasteiger partial charge in [0.05, 0.1) is 24.7 Å². The molecule has 0 saturated carbocycles. The SMILES string of the molecule is COc1cc(C2CC=C3c4c(c[nH]c42)C=CC2=CN=CNN23)ccc1O. The molecule has 0 spiro atoms. The lowest BCUT2D eigenvalue weighted by atomic mass is 9.84. The molecule has 6 heteroatoms. The normalized spacial score (nSPS) is 19.7. The standard InChI is InChI=1S/C20H18N4O2/c1-26-18-8-12(3-7-17(18)25)15-5-6-16-19-13(9-22-20(15)19)2-4-14-10-21-11-23-24(14)16/h2-4,6-11,15,22,25H,5H2,1H3,(H,21,23). The average molecular weight is 346 g/mol. The summed E-state index contributed by atoms with van der Waals surface area (Å²) in [5.41, 5.74) is 9.97. The number of aliphatic imine (C=N–C) groups is 1. The van der Waals surface area contributed by atoms with Crippen LogP contribution >= 0.6 is 0 Å². The van der Waals surface area contributed by atoms with Gasteiger partial charge in [0.25, 0.3) is 0 Å². The molecule has 0 bridgehead atoms. The van der Waals surface area contributed by atoms with Gasteiger partial charge in [0, 0.05) is 28.9 Å². The van der Waals surface area contributed by atoms with E-state index in [1.54, 1.807) is 19.5 Å². The Morgan fingerprint density at radius 1 is 1.31 bits per heavy atom. The predicted octanol–water partition coefficient (Wildman–Crippen LogP) is 3.32. The number of nitrogens with zero attached hydrogens (tertiary/aromatic N) is 2. The zero-order chi connectivity index (χ0) is 17.7. The molecule has 3 N–H and O–H groups in total. The van der Waals surface area contributed by atoms with Gasteiger partial charge < -0.3 is 14.8 Å². The average Bonchev–Trinajstić information content (AvgIpc) is 3.03. The number of methoxy groups -OCH3 is 1. The number of aromatic nitrogens is 1. The van der Waals surface area contributed by atoms with Gasteiger partial charge in [-0.2, -0.15) is 0 Å². The van der Waals surface area contributed by atoms with Crippen LogP contribution in [-0.4, -0.2) is 28.5 Å². The molecule has 1 aromatic carbocycles. The van der Waals surface area contributed by atoms with E-state index in [1.165, 1.54) is 11.3 Å². The summed E-state index contributed by atoms with van der Waals surface area (Å²) in [5, 5.41) is 12.0. The Balaban J connectivity index is 1.62. The molecule has 5 rings (SSSR count). The van der Waals surface area contributed by atoms with Crippen molar-refractivity contribution in [2.24, 2.45) is 4.99 Å². The highest BCUT2D eigenvalue weighted by molar-refractivity contribution is 5.82. The third kappa shape index (κ3) is 2.08. The van der Waals surface area contributed by atoms with E-state index in [0.29, 0.717) is 5.75 Å². The second-order valence-electron chi connectivity index (χ2n) is 6.47. The molecular weight excluding hydrogens is 328 g/mol. The minimum Gasteiger partial charge on any atom is -0.504 e. The number of nitrogens with one attached hydrogen (secondary N) is 2. The highest BCUT2D eigenvalue weighted by atomic mass is 16.5. The van der Waals surface area contributed by atoms with Crippen LogP contribution < -0.4 is 10.2 Å². The maximum absolute atomic E-state index is 9.90. The molecule has 0 amide bonds. The summed E-state index contributed by atoms with van der Waals surface area (Å²) < 4.78 is 5.29. The summed E-state index contributed by atoms with van der Waals surface area (Å²) in [7, 11) is 1.57. The summed E-state index contributed by atoms with van der Waals surface area (Å²) in [5.74, 6) is 0.825. The Hall–Kier alpha value is -3.41. The van der Waals surface area contributed by atoms with Gasteiger partial charge in [-0.15, -0.1) is 0 Å². The lowest BCUT2D eigenvalue weighted by Gasteiger charge is -2.32. The molecule has 3 heterocycles. The topological polar surface area (TPSA) is 72.9 Å². The maximum atomic E-state index is 9.90. The predicted molar refractivity (Wildman–Crippen MR) is 100 cm³/mol. The molecule has 0 fully saturated rings. The fourth-order valence-corrected chi connectivity index (χ4v) is 3.85. The largest absolute Gasteiger partial charge is 0.504 e. The van der Waals surface area contributed by atoms with E-state index < -0.39 is 0 Å². The number of rotatable bonds is 2. The van der Waals surface area contributed by atoms with Gasteiger partial charge in [0.15, 0.2) is 11.5 Å². The fraction of sp³-hybridized carbons (Fsp3) is 0.150. The Labute approximate surface area is 150 Å². The summed E-state index contributed by atoms with van der Waals surface area (Å²) in [6, 6.07) is 5.56. The number of hydrogen-bond acceptors (Lipinski definition) is 5. The number of aromatic hydroxyl groups is 1. The first-order valence-electron chi connectivity index (χ1n) is 8.51. The van der Waals surface area contributed by atoms with Crippen molar-refractivity contribution in [1.29, 1.82) is 0 Å². The summed E-state index contributed by atoms with van der Waals surface area (Å²) in [6.45, 7) is 0. The number of phenolic OH excluding ortho intramolecular Hbond substituents is 1. The first-order chi connectivity index (χ1) is 12.8. The Kier molecular flexibility index (Phi) is 3.18. The first-order valence-corrected chi connectivity index (χ1v) is 8.51. The van der Waals surface area contributed by atoms with Crippen molar-refractivity contribution in [3.05, 3.63) is 70.8 Å². The third-order valence-electron chi connectivity index (χ3n) is 5.10. The maximum Gasteiger partial charge on any atom is 0.160 e. The second kappa shape index (κ2) is 5.56. The van der Waals surface area contributed by atoms with Crippen LogP contribution in [-0.2, 0) is 0 Å². The number of allylic oxidation sites excluding steroid dienone is 2. The van der Waals surface area contributed by atoms with E-state index >= 15 is 0 Å². The van der Waals surface area contributed by atoms with Crippen LogP contribution in [0.1, 0.15) is 34.7 Å². The van der Waals surface area contributed by atoms with Gasteiger partial charge in [-0.25, -0.2) is 4.99 Å².